The molecule has 1 aliphatic heterocycles. The third-order valence-electron chi connectivity index (χ3n) is 5.61. The van der Waals surface area contributed by atoms with Crippen LogP contribution >= 0.6 is 0 Å². The number of aromatic nitrogens is 1. The van der Waals surface area contributed by atoms with Gasteiger partial charge in [0.15, 0.2) is 0 Å². The van der Waals surface area contributed by atoms with E-state index in [1.165, 1.54) is 12.1 Å². The van der Waals surface area contributed by atoms with Crippen LogP contribution in [0.5, 0.6) is 5.75 Å². The molecule has 1 fully saturated rings. The standard InChI is InChI=1S/C25H26FN3O2/c26-22-10-8-20(9-11-22)24-15-21(25(30)28-17-19-5-4-12-27-16-19)18-29(24)13-14-31-23-6-2-1-3-7-23/h1-12,16,21,24H,13-15,17-18H2,(H,28,30)/t21-,24+/m1/s1. The predicted octanol–water partition coefficient (Wildman–Crippen LogP) is 3.98. The van der Waals surface area contributed by atoms with Gasteiger partial charge in [-0.1, -0.05) is 36.4 Å². The van der Waals surface area contributed by atoms with Crippen LogP contribution in [-0.4, -0.2) is 35.5 Å². The first-order chi connectivity index (χ1) is 15.2. The number of pyridine rings is 1. The summed E-state index contributed by atoms with van der Waals surface area (Å²) >= 11 is 0. The molecule has 2 atom stereocenters. The molecule has 3 aromatic rings. The molecule has 31 heavy (non-hydrogen) atoms. The van der Waals surface area contributed by atoms with Crippen LogP contribution in [0.3, 0.4) is 0 Å². The molecule has 1 aliphatic rings. The number of carbonyl (C=O) groups is 1. The second-order valence-electron chi connectivity index (χ2n) is 7.74. The van der Waals surface area contributed by atoms with E-state index in [-0.39, 0.29) is 23.7 Å². The van der Waals surface area contributed by atoms with Gasteiger partial charge in [-0.3, -0.25) is 14.7 Å². The molecule has 6 heteroatoms. The first-order valence-corrected chi connectivity index (χ1v) is 10.5. The molecule has 0 spiro atoms. The maximum atomic E-state index is 13.4. The smallest absolute Gasteiger partial charge is 0.224 e. The van der Waals surface area contributed by atoms with Crippen molar-refractivity contribution in [2.75, 3.05) is 19.7 Å². The third-order valence-corrected chi connectivity index (χ3v) is 5.61. The van der Waals surface area contributed by atoms with Crippen molar-refractivity contribution in [3.05, 3.63) is 96.1 Å². The van der Waals surface area contributed by atoms with E-state index < -0.39 is 0 Å². The minimum atomic E-state index is -0.258. The van der Waals surface area contributed by atoms with Crippen molar-refractivity contribution in [1.82, 2.24) is 15.2 Å². The summed E-state index contributed by atoms with van der Waals surface area (Å²) in [6, 6.07) is 20.1. The van der Waals surface area contributed by atoms with E-state index in [9.17, 15) is 9.18 Å². The minimum absolute atomic E-state index is 0.0300. The van der Waals surface area contributed by atoms with Gasteiger partial charge >= 0.3 is 0 Å². The number of likely N-dealkylation sites (tertiary alicyclic amines) is 1. The van der Waals surface area contributed by atoms with Crippen LogP contribution in [0.15, 0.2) is 79.1 Å². The van der Waals surface area contributed by atoms with E-state index in [0.29, 0.717) is 32.7 Å². The summed E-state index contributed by atoms with van der Waals surface area (Å²) in [6.07, 6.45) is 4.16. The lowest BCUT2D eigenvalue weighted by Crippen LogP contribution is -2.33. The first kappa shape index (κ1) is 21.0. The fourth-order valence-corrected chi connectivity index (χ4v) is 4.01. The van der Waals surface area contributed by atoms with Gasteiger partial charge in [0.1, 0.15) is 18.2 Å². The van der Waals surface area contributed by atoms with Crippen molar-refractivity contribution in [1.29, 1.82) is 0 Å². The van der Waals surface area contributed by atoms with Crippen molar-refractivity contribution in [3.63, 3.8) is 0 Å². The molecule has 0 unspecified atom stereocenters. The summed E-state index contributed by atoms with van der Waals surface area (Å²) < 4.78 is 19.3. The van der Waals surface area contributed by atoms with Gasteiger partial charge in [0, 0.05) is 38.1 Å². The number of hydrogen-bond acceptors (Lipinski definition) is 4. The molecule has 160 valence electrons. The van der Waals surface area contributed by atoms with Gasteiger partial charge in [0.2, 0.25) is 5.91 Å². The third kappa shape index (κ3) is 5.67. The van der Waals surface area contributed by atoms with Crippen molar-refractivity contribution < 1.29 is 13.9 Å². The quantitative estimate of drug-likeness (QED) is 0.600. The average Bonchev–Trinajstić information content (AvgIpc) is 3.24. The van der Waals surface area contributed by atoms with Crippen LogP contribution in [0, 0.1) is 11.7 Å². The van der Waals surface area contributed by atoms with Gasteiger partial charge in [-0.05, 0) is 47.9 Å². The molecule has 1 saturated heterocycles. The molecule has 1 aromatic heterocycles. The van der Waals surface area contributed by atoms with Gasteiger partial charge in [-0.15, -0.1) is 0 Å². The second-order valence-corrected chi connectivity index (χ2v) is 7.74. The number of amides is 1. The van der Waals surface area contributed by atoms with Crippen LogP contribution in [0.4, 0.5) is 4.39 Å². The van der Waals surface area contributed by atoms with Crippen LogP contribution in [0.1, 0.15) is 23.6 Å². The van der Waals surface area contributed by atoms with Crippen molar-refractivity contribution in [2.24, 2.45) is 5.92 Å². The zero-order valence-corrected chi connectivity index (χ0v) is 17.3. The lowest BCUT2D eigenvalue weighted by Gasteiger charge is -2.24. The number of benzene rings is 2. The van der Waals surface area contributed by atoms with E-state index in [4.69, 9.17) is 4.74 Å². The van der Waals surface area contributed by atoms with Crippen LogP contribution in [0.2, 0.25) is 0 Å². The van der Waals surface area contributed by atoms with Crippen LogP contribution in [0.25, 0.3) is 0 Å². The second kappa shape index (κ2) is 10.2. The zero-order chi connectivity index (χ0) is 21.5. The number of nitrogens with one attached hydrogen (secondary N) is 1. The fourth-order valence-electron chi connectivity index (χ4n) is 4.01. The van der Waals surface area contributed by atoms with Gasteiger partial charge in [0.25, 0.3) is 0 Å². The Hall–Kier alpha value is -3.25. The highest BCUT2D eigenvalue weighted by Crippen LogP contribution is 2.35. The molecule has 0 radical (unpaired) electrons. The van der Waals surface area contributed by atoms with E-state index in [1.54, 1.807) is 24.5 Å². The molecule has 5 nitrogen and oxygen atoms in total. The molecule has 2 aromatic carbocycles. The van der Waals surface area contributed by atoms with Gasteiger partial charge in [-0.2, -0.15) is 0 Å². The average molecular weight is 420 g/mol. The molecular weight excluding hydrogens is 393 g/mol. The van der Waals surface area contributed by atoms with E-state index in [1.807, 2.05) is 42.5 Å². The zero-order valence-electron chi connectivity index (χ0n) is 17.3. The summed E-state index contributed by atoms with van der Waals surface area (Å²) in [4.78, 5) is 19.2. The molecule has 1 N–H and O–H groups in total. The number of rotatable bonds is 8. The monoisotopic (exact) mass is 419 g/mol. The molecule has 0 saturated carbocycles. The highest BCUT2D eigenvalue weighted by Gasteiger charge is 2.36. The number of para-hydroxylation sites is 1. The lowest BCUT2D eigenvalue weighted by atomic mass is 9.99. The highest BCUT2D eigenvalue weighted by molar-refractivity contribution is 5.79. The lowest BCUT2D eigenvalue weighted by molar-refractivity contribution is -0.124. The topological polar surface area (TPSA) is 54.5 Å². The summed E-state index contributed by atoms with van der Waals surface area (Å²) in [6.45, 7) is 2.30. The molecule has 2 heterocycles. The predicted molar refractivity (Wildman–Crippen MR) is 117 cm³/mol. The Labute approximate surface area is 181 Å². The number of ether oxygens (including phenoxy) is 1. The number of nitrogens with zero attached hydrogens (tertiary/aromatic N) is 2. The molecule has 4 rings (SSSR count). The highest BCUT2D eigenvalue weighted by atomic mass is 19.1. The maximum absolute atomic E-state index is 13.4. The first-order valence-electron chi connectivity index (χ1n) is 10.5. The van der Waals surface area contributed by atoms with Crippen molar-refractivity contribution >= 4 is 5.91 Å². The Bertz CT molecular complexity index is 967. The normalized spacial score (nSPS) is 18.6. The number of carbonyl (C=O) groups excluding carboxylic acids is 1. The Morgan fingerprint density at radius 2 is 1.90 bits per heavy atom. The van der Waals surface area contributed by atoms with E-state index in [0.717, 1.165) is 16.9 Å². The summed E-state index contributed by atoms with van der Waals surface area (Å²) in [5.41, 5.74) is 1.99. The minimum Gasteiger partial charge on any atom is -0.492 e. The summed E-state index contributed by atoms with van der Waals surface area (Å²) in [5, 5.41) is 3.03. The SMILES string of the molecule is O=C(NCc1cccnc1)[C@@H]1C[C@@H](c2ccc(F)cc2)N(CCOc2ccccc2)C1. The van der Waals surface area contributed by atoms with Crippen molar-refractivity contribution in [3.8, 4) is 5.75 Å². The largest absolute Gasteiger partial charge is 0.492 e. The van der Waals surface area contributed by atoms with Crippen LogP contribution < -0.4 is 10.1 Å². The Morgan fingerprint density at radius 1 is 1.10 bits per heavy atom. The summed E-state index contributed by atoms with van der Waals surface area (Å²) in [5.74, 6) is 0.461. The number of halogens is 1. The molecule has 1 amide bonds. The number of hydrogen-bond donors (Lipinski definition) is 1. The van der Waals surface area contributed by atoms with E-state index in [2.05, 4.69) is 15.2 Å². The Balaban J connectivity index is 1.39. The maximum Gasteiger partial charge on any atom is 0.224 e. The molecular formula is C25H26FN3O2. The Kier molecular flexibility index (Phi) is 6.89. The van der Waals surface area contributed by atoms with Crippen LogP contribution in [-0.2, 0) is 11.3 Å². The molecule has 0 aliphatic carbocycles. The van der Waals surface area contributed by atoms with Gasteiger partial charge < -0.3 is 10.1 Å². The molecule has 0 bridgehead atoms. The fraction of sp³-hybridized carbons (Fsp3) is 0.280. The summed E-state index contributed by atoms with van der Waals surface area (Å²) in [7, 11) is 0. The van der Waals surface area contributed by atoms with Gasteiger partial charge in [-0.25, -0.2) is 4.39 Å². The van der Waals surface area contributed by atoms with Crippen molar-refractivity contribution in [2.45, 2.75) is 19.0 Å². The Morgan fingerprint density at radius 3 is 2.65 bits per heavy atom. The van der Waals surface area contributed by atoms with E-state index >= 15 is 0 Å². The van der Waals surface area contributed by atoms with Gasteiger partial charge in [0.05, 0.1) is 5.92 Å².